The summed E-state index contributed by atoms with van der Waals surface area (Å²) in [5.74, 6) is -0.260. The van der Waals surface area contributed by atoms with Gasteiger partial charge in [-0.05, 0) is 55.3 Å². The molecule has 1 heterocycles. The van der Waals surface area contributed by atoms with Crippen LogP contribution in [0.4, 0.5) is 0 Å². The third kappa shape index (κ3) is 8.30. The molecule has 0 spiro atoms. The van der Waals surface area contributed by atoms with Gasteiger partial charge in [0, 0.05) is 18.0 Å². The highest BCUT2D eigenvalue weighted by atomic mass is 32.1. The van der Waals surface area contributed by atoms with E-state index in [9.17, 15) is 14.7 Å². The molecule has 176 valence electrons. The number of ether oxygens (including phenoxy) is 1. The minimum absolute atomic E-state index is 0.166. The number of nitrogens with zero attached hydrogens (tertiary/aromatic N) is 1. The lowest BCUT2D eigenvalue weighted by Crippen LogP contribution is -2.40. The topological polar surface area (TPSA) is 66.8 Å². The zero-order valence-electron chi connectivity index (χ0n) is 19.6. The maximum Gasteiger partial charge on any atom is 0.347 e. The molecule has 1 N–H and O–H groups in total. The molecule has 0 aliphatic rings. The molecule has 1 unspecified atom stereocenters. The minimum atomic E-state index is -1.25. The molecule has 0 saturated carbocycles. The van der Waals surface area contributed by atoms with Gasteiger partial charge >= 0.3 is 5.97 Å². The van der Waals surface area contributed by atoms with Crippen molar-refractivity contribution in [2.75, 3.05) is 13.1 Å². The normalized spacial score (nSPS) is 12.8. The van der Waals surface area contributed by atoms with E-state index in [4.69, 9.17) is 4.74 Å². The first-order valence-corrected chi connectivity index (χ1v) is 12.6. The molecule has 6 heteroatoms. The number of unbranched alkanes of at least 4 members (excludes halogenated alkanes) is 4. The third-order valence-corrected chi connectivity index (χ3v) is 6.71. The summed E-state index contributed by atoms with van der Waals surface area (Å²) in [5, 5.41) is 11.5. The maximum absolute atomic E-state index is 13.0. The fraction of sp³-hybridized carbons (Fsp3) is 0.538. The molecular weight excluding hydrogens is 422 g/mol. The molecule has 0 fully saturated rings. The van der Waals surface area contributed by atoms with Gasteiger partial charge in [-0.25, -0.2) is 4.79 Å². The molecule has 0 aliphatic heterocycles. The number of carboxylic acids is 1. The molecule has 5 nitrogen and oxygen atoms in total. The lowest BCUT2D eigenvalue weighted by Gasteiger charge is -2.25. The number of rotatable bonds is 15. The van der Waals surface area contributed by atoms with E-state index in [1.54, 1.807) is 31.3 Å². The highest BCUT2D eigenvalue weighted by Gasteiger charge is 2.33. The molecule has 2 rings (SSSR count). The molecule has 0 aliphatic carbocycles. The van der Waals surface area contributed by atoms with Gasteiger partial charge in [-0.15, -0.1) is 11.3 Å². The maximum atomic E-state index is 13.0. The van der Waals surface area contributed by atoms with Crippen molar-refractivity contribution in [3.05, 3.63) is 52.2 Å². The van der Waals surface area contributed by atoms with Gasteiger partial charge in [0.1, 0.15) is 5.75 Å². The van der Waals surface area contributed by atoms with Gasteiger partial charge in [-0.2, -0.15) is 0 Å². The van der Waals surface area contributed by atoms with Crippen LogP contribution in [0, 0.1) is 0 Å². The van der Waals surface area contributed by atoms with Crippen molar-refractivity contribution in [1.29, 1.82) is 0 Å². The average molecular weight is 460 g/mol. The van der Waals surface area contributed by atoms with Crippen LogP contribution in [0.25, 0.3) is 0 Å². The molecule has 0 saturated heterocycles. The van der Waals surface area contributed by atoms with E-state index in [1.165, 1.54) is 19.3 Å². The Hall–Kier alpha value is -2.34. The molecule has 1 aromatic carbocycles. The molecular formula is C26H37NO4S. The number of aliphatic carboxylic acids is 1. The molecule has 2 aromatic rings. The number of benzene rings is 1. The Balaban J connectivity index is 2.00. The molecule has 32 heavy (non-hydrogen) atoms. The molecule has 0 radical (unpaired) electrons. The van der Waals surface area contributed by atoms with Crippen LogP contribution in [0.2, 0.25) is 0 Å². The Labute approximate surface area is 196 Å². The van der Waals surface area contributed by atoms with Crippen molar-refractivity contribution >= 4 is 23.2 Å². The molecule has 1 aromatic heterocycles. The number of thiophene rings is 1. The second kappa shape index (κ2) is 13.3. The zero-order chi connectivity index (χ0) is 23.4. The van der Waals surface area contributed by atoms with Crippen molar-refractivity contribution in [3.8, 4) is 5.75 Å². The van der Waals surface area contributed by atoms with Crippen molar-refractivity contribution in [2.24, 2.45) is 0 Å². The van der Waals surface area contributed by atoms with E-state index in [0.29, 0.717) is 31.6 Å². The van der Waals surface area contributed by atoms with Crippen LogP contribution in [0.3, 0.4) is 0 Å². The minimum Gasteiger partial charge on any atom is -0.478 e. The summed E-state index contributed by atoms with van der Waals surface area (Å²) in [6, 6.07) is 11.5. The van der Waals surface area contributed by atoms with Gasteiger partial charge < -0.3 is 14.7 Å². The SMILES string of the molecule is CCCCCCCN(CCc1cccc(OC(C)(CC)C(=O)O)c1)C(=O)Cc1cccs1. The fourth-order valence-electron chi connectivity index (χ4n) is 3.50. The first-order chi connectivity index (χ1) is 15.4. The largest absolute Gasteiger partial charge is 0.478 e. The van der Waals surface area contributed by atoms with Gasteiger partial charge in [-0.3, -0.25) is 4.79 Å². The first kappa shape index (κ1) is 25.9. The monoisotopic (exact) mass is 459 g/mol. The summed E-state index contributed by atoms with van der Waals surface area (Å²) in [5.41, 5.74) is -0.217. The Morgan fingerprint density at radius 3 is 2.50 bits per heavy atom. The smallest absolute Gasteiger partial charge is 0.347 e. The summed E-state index contributed by atoms with van der Waals surface area (Å²) in [6.45, 7) is 7.01. The number of hydrogen-bond donors (Lipinski definition) is 1. The lowest BCUT2D eigenvalue weighted by molar-refractivity contribution is -0.154. The van der Waals surface area contributed by atoms with Gasteiger partial charge in [0.2, 0.25) is 11.5 Å². The standard InChI is InChI=1S/C26H37NO4S/c1-4-6-7-8-9-16-27(24(28)20-23-14-11-18-32-23)17-15-21-12-10-13-22(19-21)31-26(3,5-2)25(29)30/h10-14,18-19H,4-9,15-17,20H2,1-3H3,(H,29,30). The van der Waals surface area contributed by atoms with E-state index >= 15 is 0 Å². The first-order valence-electron chi connectivity index (χ1n) is 11.7. The number of carbonyl (C=O) groups is 2. The summed E-state index contributed by atoms with van der Waals surface area (Å²) in [4.78, 5) is 27.6. The zero-order valence-corrected chi connectivity index (χ0v) is 20.5. The third-order valence-electron chi connectivity index (χ3n) is 5.83. The summed E-state index contributed by atoms with van der Waals surface area (Å²) < 4.78 is 5.80. The van der Waals surface area contributed by atoms with Crippen LogP contribution in [0.1, 0.15) is 69.7 Å². The molecule has 0 bridgehead atoms. The summed E-state index contributed by atoms with van der Waals surface area (Å²) in [7, 11) is 0. The quantitative estimate of drug-likeness (QED) is 0.334. The van der Waals surface area contributed by atoms with E-state index in [0.717, 1.165) is 29.8 Å². The predicted octanol–water partition coefficient (Wildman–Crippen LogP) is 5.96. The van der Waals surface area contributed by atoms with Crippen molar-refractivity contribution in [1.82, 2.24) is 4.90 Å². The molecule has 1 amide bonds. The average Bonchev–Trinajstić information content (AvgIpc) is 3.28. The van der Waals surface area contributed by atoms with E-state index in [1.807, 2.05) is 40.6 Å². The van der Waals surface area contributed by atoms with Crippen LogP contribution in [-0.4, -0.2) is 40.6 Å². The second-order valence-electron chi connectivity index (χ2n) is 8.44. The van der Waals surface area contributed by atoms with Crippen LogP contribution < -0.4 is 4.74 Å². The van der Waals surface area contributed by atoms with Crippen molar-refractivity contribution in [3.63, 3.8) is 0 Å². The predicted molar refractivity (Wildman–Crippen MR) is 130 cm³/mol. The van der Waals surface area contributed by atoms with Gasteiger partial charge in [0.25, 0.3) is 0 Å². The van der Waals surface area contributed by atoms with E-state index < -0.39 is 11.6 Å². The lowest BCUT2D eigenvalue weighted by atomic mass is 10.0. The van der Waals surface area contributed by atoms with E-state index in [-0.39, 0.29) is 5.91 Å². The van der Waals surface area contributed by atoms with Gasteiger partial charge in [0.15, 0.2) is 0 Å². The van der Waals surface area contributed by atoms with Crippen molar-refractivity contribution < 1.29 is 19.4 Å². The van der Waals surface area contributed by atoms with Gasteiger partial charge in [-0.1, -0.05) is 57.7 Å². The Morgan fingerprint density at radius 1 is 1.06 bits per heavy atom. The summed E-state index contributed by atoms with van der Waals surface area (Å²) in [6.07, 6.45) is 7.35. The Morgan fingerprint density at radius 2 is 1.84 bits per heavy atom. The number of carbonyl (C=O) groups excluding carboxylic acids is 1. The number of amides is 1. The molecule has 1 atom stereocenters. The highest BCUT2D eigenvalue weighted by molar-refractivity contribution is 7.10. The number of hydrogen-bond acceptors (Lipinski definition) is 4. The Kier molecular flexibility index (Phi) is 10.7. The number of carboxylic acid groups (broad SMARTS) is 1. The van der Waals surface area contributed by atoms with E-state index in [2.05, 4.69) is 6.92 Å². The van der Waals surface area contributed by atoms with Crippen LogP contribution >= 0.6 is 11.3 Å². The van der Waals surface area contributed by atoms with Crippen LogP contribution in [0.5, 0.6) is 5.75 Å². The van der Waals surface area contributed by atoms with Crippen molar-refractivity contribution in [2.45, 2.75) is 77.7 Å². The highest BCUT2D eigenvalue weighted by Crippen LogP contribution is 2.23. The Bertz CT molecular complexity index is 836. The van der Waals surface area contributed by atoms with Crippen LogP contribution in [0.15, 0.2) is 41.8 Å². The van der Waals surface area contributed by atoms with Gasteiger partial charge in [0.05, 0.1) is 6.42 Å². The second-order valence-corrected chi connectivity index (χ2v) is 9.47. The fourth-order valence-corrected chi connectivity index (χ4v) is 4.19. The van der Waals surface area contributed by atoms with Crippen LogP contribution in [-0.2, 0) is 22.4 Å². The summed E-state index contributed by atoms with van der Waals surface area (Å²) >= 11 is 1.62.